The standard InChI is InChI=1S/C11H15BrN4O2/c12-9-7-14-8-16(11(9)18)4-1-10(17)15-5-2-13-3-6-15/h7-8,13H,1-6H2. The first-order chi connectivity index (χ1) is 8.68. The number of aryl methyl sites for hydroxylation is 1. The number of hydrogen-bond donors (Lipinski definition) is 1. The normalized spacial score (nSPS) is 15.7. The molecular weight excluding hydrogens is 300 g/mol. The second-order valence-electron chi connectivity index (χ2n) is 4.12. The van der Waals surface area contributed by atoms with Gasteiger partial charge in [0.05, 0.1) is 6.33 Å². The van der Waals surface area contributed by atoms with Gasteiger partial charge in [0.1, 0.15) is 4.47 Å². The Balaban J connectivity index is 1.92. The van der Waals surface area contributed by atoms with E-state index in [4.69, 9.17) is 0 Å². The lowest BCUT2D eigenvalue weighted by Crippen LogP contribution is -2.46. The van der Waals surface area contributed by atoms with Crippen molar-refractivity contribution in [3.63, 3.8) is 0 Å². The largest absolute Gasteiger partial charge is 0.340 e. The second kappa shape index (κ2) is 6.10. The van der Waals surface area contributed by atoms with Crippen LogP contribution in [0.5, 0.6) is 0 Å². The predicted molar refractivity (Wildman–Crippen MR) is 70.3 cm³/mol. The summed E-state index contributed by atoms with van der Waals surface area (Å²) in [5, 5.41) is 3.19. The van der Waals surface area contributed by atoms with Crippen molar-refractivity contribution in [3.05, 3.63) is 27.4 Å². The van der Waals surface area contributed by atoms with Crippen molar-refractivity contribution in [2.24, 2.45) is 0 Å². The summed E-state index contributed by atoms with van der Waals surface area (Å²) >= 11 is 3.13. The lowest BCUT2D eigenvalue weighted by Gasteiger charge is -2.27. The van der Waals surface area contributed by atoms with Gasteiger partial charge in [-0.25, -0.2) is 4.98 Å². The maximum atomic E-state index is 11.9. The molecule has 1 aliphatic heterocycles. The van der Waals surface area contributed by atoms with Crippen molar-refractivity contribution >= 4 is 21.8 Å². The molecule has 1 amide bonds. The van der Waals surface area contributed by atoms with E-state index in [1.54, 1.807) is 0 Å². The molecule has 0 aliphatic carbocycles. The van der Waals surface area contributed by atoms with Crippen LogP contribution in [-0.4, -0.2) is 46.5 Å². The van der Waals surface area contributed by atoms with E-state index in [0.29, 0.717) is 17.4 Å². The van der Waals surface area contributed by atoms with Gasteiger partial charge in [0.15, 0.2) is 0 Å². The van der Waals surface area contributed by atoms with Crippen LogP contribution >= 0.6 is 15.9 Å². The number of carbonyl (C=O) groups excluding carboxylic acids is 1. The highest BCUT2D eigenvalue weighted by molar-refractivity contribution is 9.10. The molecule has 98 valence electrons. The molecule has 1 fully saturated rings. The number of aromatic nitrogens is 2. The van der Waals surface area contributed by atoms with Gasteiger partial charge in [0, 0.05) is 45.3 Å². The summed E-state index contributed by atoms with van der Waals surface area (Å²) in [4.78, 5) is 29.4. The van der Waals surface area contributed by atoms with Gasteiger partial charge in [0.25, 0.3) is 5.56 Å². The SMILES string of the molecule is O=C(CCn1cncc(Br)c1=O)N1CCNCC1. The van der Waals surface area contributed by atoms with Crippen molar-refractivity contribution in [3.8, 4) is 0 Å². The van der Waals surface area contributed by atoms with Crippen LogP contribution < -0.4 is 10.9 Å². The third-order valence-corrected chi connectivity index (χ3v) is 3.44. The van der Waals surface area contributed by atoms with Crippen LogP contribution in [0, 0.1) is 0 Å². The predicted octanol–water partition coefficient (Wildman–Crippen LogP) is -0.172. The molecule has 1 aliphatic rings. The Labute approximate surface area is 113 Å². The first kappa shape index (κ1) is 13.2. The van der Waals surface area contributed by atoms with Crippen molar-refractivity contribution in [1.82, 2.24) is 19.8 Å². The molecule has 1 aromatic rings. The molecule has 0 spiro atoms. The maximum Gasteiger partial charge on any atom is 0.267 e. The van der Waals surface area contributed by atoms with E-state index in [1.165, 1.54) is 17.1 Å². The van der Waals surface area contributed by atoms with E-state index in [2.05, 4.69) is 26.2 Å². The van der Waals surface area contributed by atoms with Gasteiger partial charge in [-0.1, -0.05) is 0 Å². The zero-order valence-corrected chi connectivity index (χ0v) is 11.5. The molecule has 1 aromatic heterocycles. The zero-order chi connectivity index (χ0) is 13.0. The molecule has 0 aromatic carbocycles. The highest BCUT2D eigenvalue weighted by Gasteiger charge is 2.15. The zero-order valence-electron chi connectivity index (χ0n) is 9.93. The van der Waals surface area contributed by atoms with E-state index in [-0.39, 0.29) is 11.5 Å². The van der Waals surface area contributed by atoms with Gasteiger partial charge >= 0.3 is 0 Å². The molecule has 2 rings (SSSR count). The molecule has 6 nitrogen and oxygen atoms in total. The van der Waals surface area contributed by atoms with Gasteiger partial charge in [-0.3, -0.25) is 14.2 Å². The van der Waals surface area contributed by atoms with Crippen LogP contribution in [0.2, 0.25) is 0 Å². The van der Waals surface area contributed by atoms with Crippen molar-refractivity contribution in [2.75, 3.05) is 26.2 Å². The molecule has 1 saturated heterocycles. The van der Waals surface area contributed by atoms with Crippen LogP contribution in [-0.2, 0) is 11.3 Å². The molecular formula is C11H15BrN4O2. The molecule has 1 N–H and O–H groups in total. The van der Waals surface area contributed by atoms with E-state index < -0.39 is 0 Å². The molecule has 0 unspecified atom stereocenters. The van der Waals surface area contributed by atoms with Gasteiger partial charge in [-0.15, -0.1) is 0 Å². The number of halogens is 1. The Kier molecular flexibility index (Phi) is 4.48. The smallest absolute Gasteiger partial charge is 0.267 e. The van der Waals surface area contributed by atoms with Crippen molar-refractivity contribution in [1.29, 1.82) is 0 Å². The summed E-state index contributed by atoms with van der Waals surface area (Å²) in [5.74, 6) is 0.0865. The third kappa shape index (κ3) is 3.17. The summed E-state index contributed by atoms with van der Waals surface area (Å²) in [5.41, 5.74) is -0.155. The quantitative estimate of drug-likeness (QED) is 0.841. The van der Waals surface area contributed by atoms with E-state index in [1.807, 2.05) is 4.90 Å². The average molecular weight is 315 g/mol. The molecule has 18 heavy (non-hydrogen) atoms. The Morgan fingerprint density at radius 1 is 1.44 bits per heavy atom. The molecule has 0 atom stereocenters. The summed E-state index contributed by atoms with van der Waals surface area (Å²) in [6.07, 6.45) is 3.24. The number of nitrogens with zero attached hydrogens (tertiary/aromatic N) is 3. The Morgan fingerprint density at radius 3 is 2.89 bits per heavy atom. The molecule has 7 heteroatoms. The van der Waals surface area contributed by atoms with Crippen LogP contribution in [0.1, 0.15) is 6.42 Å². The van der Waals surface area contributed by atoms with Crippen LogP contribution in [0.4, 0.5) is 0 Å². The molecule has 2 heterocycles. The summed E-state index contributed by atoms with van der Waals surface area (Å²) in [6.45, 7) is 3.53. The monoisotopic (exact) mass is 314 g/mol. The Bertz CT molecular complexity index is 482. The second-order valence-corrected chi connectivity index (χ2v) is 4.98. The molecule has 0 radical (unpaired) electrons. The van der Waals surface area contributed by atoms with Crippen LogP contribution in [0.15, 0.2) is 21.8 Å². The molecule has 0 saturated carbocycles. The third-order valence-electron chi connectivity index (χ3n) is 2.90. The fraction of sp³-hybridized carbons (Fsp3) is 0.545. The van der Waals surface area contributed by atoms with E-state index in [0.717, 1.165) is 26.2 Å². The van der Waals surface area contributed by atoms with Gasteiger partial charge < -0.3 is 10.2 Å². The lowest BCUT2D eigenvalue weighted by molar-refractivity contribution is -0.132. The van der Waals surface area contributed by atoms with Crippen molar-refractivity contribution in [2.45, 2.75) is 13.0 Å². The van der Waals surface area contributed by atoms with Crippen molar-refractivity contribution < 1.29 is 4.79 Å². The number of carbonyl (C=O) groups is 1. The van der Waals surface area contributed by atoms with Crippen LogP contribution in [0.3, 0.4) is 0 Å². The fourth-order valence-electron chi connectivity index (χ4n) is 1.87. The highest BCUT2D eigenvalue weighted by Crippen LogP contribution is 2.01. The number of nitrogens with one attached hydrogen (secondary N) is 1. The number of hydrogen-bond acceptors (Lipinski definition) is 4. The minimum Gasteiger partial charge on any atom is -0.340 e. The van der Waals surface area contributed by atoms with E-state index in [9.17, 15) is 9.59 Å². The number of piperazine rings is 1. The summed E-state index contributed by atoms with van der Waals surface area (Å²) < 4.78 is 1.86. The fourth-order valence-corrected chi connectivity index (χ4v) is 2.22. The van der Waals surface area contributed by atoms with Crippen LogP contribution in [0.25, 0.3) is 0 Å². The number of amides is 1. The molecule has 0 bridgehead atoms. The van der Waals surface area contributed by atoms with E-state index >= 15 is 0 Å². The summed E-state index contributed by atoms with van der Waals surface area (Å²) in [7, 11) is 0. The average Bonchev–Trinajstić information content (AvgIpc) is 2.41. The lowest BCUT2D eigenvalue weighted by atomic mass is 10.3. The maximum absolute atomic E-state index is 11.9. The van der Waals surface area contributed by atoms with Gasteiger partial charge in [-0.05, 0) is 15.9 Å². The van der Waals surface area contributed by atoms with Gasteiger partial charge in [0.2, 0.25) is 5.91 Å². The first-order valence-corrected chi connectivity index (χ1v) is 6.66. The Hall–Kier alpha value is -1.21. The minimum absolute atomic E-state index is 0.0865. The Morgan fingerprint density at radius 2 is 2.17 bits per heavy atom. The van der Waals surface area contributed by atoms with Gasteiger partial charge in [-0.2, -0.15) is 0 Å². The highest BCUT2D eigenvalue weighted by atomic mass is 79.9. The topological polar surface area (TPSA) is 67.2 Å². The minimum atomic E-state index is -0.155. The summed E-state index contributed by atoms with van der Waals surface area (Å²) in [6, 6.07) is 0. The number of rotatable bonds is 3. The first-order valence-electron chi connectivity index (χ1n) is 5.87.